The molecule has 3 aliphatic rings. The van der Waals surface area contributed by atoms with E-state index in [9.17, 15) is 0 Å². The first-order chi connectivity index (χ1) is 6.93. The van der Waals surface area contributed by atoms with Crippen LogP contribution in [-0.4, -0.2) is 11.4 Å². The summed E-state index contributed by atoms with van der Waals surface area (Å²) in [5.41, 5.74) is 0. The van der Waals surface area contributed by atoms with Crippen molar-refractivity contribution in [1.29, 1.82) is 0 Å². The second-order valence-electron chi connectivity index (χ2n) is 4.33. The molecule has 2 atom stereocenters. The van der Waals surface area contributed by atoms with E-state index < -0.39 is 0 Å². The van der Waals surface area contributed by atoms with Crippen molar-refractivity contribution in [2.75, 3.05) is 0 Å². The van der Waals surface area contributed by atoms with E-state index in [1.54, 1.807) is 0 Å². The molecule has 0 aromatic rings. The van der Waals surface area contributed by atoms with Crippen LogP contribution in [0.15, 0.2) is 22.8 Å². The number of fused-ring (bicyclic) bond motifs is 1. The zero-order valence-corrected chi connectivity index (χ0v) is 9.19. The Balaban J connectivity index is 1.83. The molecular formula is C12H16OS. The number of thioether (sulfide) groups is 1. The molecule has 1 fully saturated rings. The Kier molecular flexibility index (Phi) is 2.32. The Morgan fingerprint density at radius 3 is 3.21 bits per heavy atom. The number of allylic oxidation sites excluding steroid dienone is 3. The first kappa shape index (κ1) is 8.90. The Labute approximate surface area is 89.6 Å². The number of rotatable bonds is 0. The fourth-order valence-corrected chi connectivity index (χ4v) is 3.98. The van der Waals surface area contributed by atoms with Gasteiger partial charge in [0.15, 0.2) is 0 Å². The third-order valence-corrected chi connectivity index (χ3v) is 4.83. The van der Waals surface area contributed by atoms with Gasteiger partial charge in [0.05, 0.1) is 0 Å². The van der Waals surface area contributed by atoms with Gasteiger partial charge in [-0.1, -0.05) is 12.5 Å². The van der Waals surface area contributed by atoms with Gasteiger partial charge in [-0.3, -0.25) is 0 Å². The molecule has 1 heterocycles. The SMILES string of the molecule is C1=CC2=C(CC1)SC1CCCCC1O2. The minimum Gasteiger partial charge on any atom is -0.488 e. The molecule has 0 aromatic heterocycles. The fraction of sp³-hybridized carbons (Fsp3) is 0.667. The highest BCUT2D eigenvalue weighted by molar-refractivity contribution is 8.03. The van der Waals surface area contributed by atoms with E-state index in [2.05, 4.69) is 23.9 Å². The summed E-state index contributed by atoms with van der Waals surface area (Å²) >= 11 is 2.10. The monoisotopic (exact) mass is 208 g/mol. The minimum absolute atomic E-state index is 0.509. The van der Waals surface area contributed by atoms with E-state index in [0.717, 1.165) is 5.25 Å². The normalized spacial score (nSPS) is 36.0. The van der Waals surface area contributed by atoms with Gasteiger partial charge in [0, 0.05) is 10.2 Å². The summed E-state index contributed by atoms with van der Waals surface area (Å²) in [5, 5.41) is 0.758. The second kappa shape index (κ2) is 3.65. The zero-order chi connectivity index (χ0) is 9.38. The van der Waals surface area contributed by atoms with Crippen LogP contribution < -0.4 is 0 Å². The standard InChI is InChI=1S/C12H16OS/c1-3-7-11-9(5-1)13-10-6-2-4-8-12(10)14-11/h1,5,10,12H,2-4,6-8H2. The van der Waals surface area contributed by atoms with Crippen molar-refractivity contribution in [1.82, 2.24) is 0 Å². The molecule has 0 bridgehead atoms. The van der Waals surface area contributed by atoms with Crippen LogP contribution in [0.25, 0.3) is 0 Å². The average Bonchev–Trinajstić information content (AvgIpc) is 2.26. The lowest BCUT2D eigenvalue weighted by molar-refractivity contribution is 0.0899. The van der Waals surface area contributed by atoms with Gasteiger partial charge in [-0.2, -0.15) is 0 Å². The smallest absolute Gasteiger partial charge is 0.128 e. The highest BCUT2D eigenvalue weighted by Gasteiger charge is 2.33. The molecule has 1 nitrogen and oxygen atoms in total. The van der Waals surface area contributed by atoms with Crippen LogP contribution in [0.2, 0.25) is 0 Å². The van der Waals surface area contributed by atoms with Crippen molar-refractivity contribution < 1.29 is 4.74 Å². The van der Waals surface area contributed by atoms with Crippen LogP contribution in [-0.2, 0) is 4.74 Å². The Bertz CT molecular complexity index is 293. The zero-order valence-electron chi connectivity index (χ0n) is 8.37. The number of hydrogen-bond acceptors (Lipinski definition) is 2. The van der Waals surface area contributed by atoms with Crippen molar-refractivity contribution in [3.63, 3.8) is 0 Å². The van der Waals surface area contributed by atoms with Gasteiger partial charge in [-0.05, 0) is 38.2 Å². The molecule has 2 unspecified atom stereocenters. The maximum atomic E-state index is 6.07. The van der Waals surface area contributed by atoms with E-state index in [4.69, 9.17) is 4.74 Å². The maximum absolute atomic E-state index is 6.07. The second-order valence-corrected chi connectivity index (χ2v) is 5.66. The first-order valence-corrected chi connectivity index (χ1v) is 6.54. The van der Waals surface area contributed by atoms with Gasteiger partial charge in [-0.25, -0.2) is 0 Å². The van der Waals surface area contributed by atoms with Crippen molar-refractivity contribution >= 4 is 11.8 Å². The van der Waals surface area contributed by atoms with Crippen LogP contribution in [0.5, 0.6) is 0 Å². The van der Waals surface area contributed by atoms with E-state index in [1.165, 1.54) is 49.2 Å². The Hall–Kier alpha value is -0.370. The molecule has 76 valence electrons. The molecule has 14 heavy (non-hydrogen) atoms. The van der Waals surface area contributed by atoms with Gasteiger partial charge in [0.2, 0.25) is 0 Å². The predicted molar refractivity (Wildman–Crippen MR) is 60.1 cm³/mol. The maximum Gasteiger partial charge on any atom is 0.128 e. The molecule has 1 aliphatic heterocycles. The van der Waals surface area contributed by atoms with Gasteiger partial charge < -0.3 is 4.74 Å². The molecule has 0 radical (unpaired) electrons. The molecule has 0 spiro atoms. The minimum atomic E-state index is 0.509. The van der Waals surface area contributed by atoms with E-state index in [0.29, 0.717) is 6.10 Å². The summed E-state index contributed by atoms with van der Waals surface area (Å²) in [6, 6.07) is 0. The lowest BCUT2D eigenvalue weighted by Crippen LogP contribution is -2.33. The van der Waals surface area contributed by atoms with Crippen molar-refractivity contribution in [2.45, 2.75) is 49.9 Å². The molecule has 0 aromatic carbocycles. The molecule has 0 amide bonds. The van der Waals surface area contributed by atoms with Crippen molar-refractivity contribution in [2.24, 2.45) is 0 Å². The molecule has 3 rings (SSSR count). The summed E-state index contributed by atoms with van der Waals surface area (Å²) in [4.78, 5) is 1.51. The molecule has 2 heteroatoms. The third kappa shape index (κ3) is 1.50. The van der Waals surface area contributed by atoms with Gasteiger partial charge >= 0.3 is 0 Å². The van der Waals surface area contributed by atoms with Gasteiger partial charge in [-0.15, -0.1) is 11.8 Å². The van der Waals surface area contributed by atoms with Crippen LogP contribution in [0.1, 0.15) is 38.5 Å². The molecule has 2 aliphatic carbocycles. The van der Waals surface area contributed by atoms with Crippen LogP contribution in [0, 0.1) is 0 Å². The summed E-state index contributed by atoms with van der Waals surface area (Å²) < 4.78 is 6.07. The van der Waals surface area contributed by atoms with Gasteiger partial charge in [0.1, 0.15) is 11.9 Å². The topological polar surface area (TPSA) is 9.23 Å². The average molecular weight is 208 g/mol. The lowest BCUT2D eigenvalue weighted by Gasteiger charge is -2.37. The highest BCUT2D eigenvalue weighted by Crippen LogP contribution is 2.44. The molecular weight excluding hydrogens is 192 g/mol. The van der Waals surface area contributed by atoms with E-state index in [-0.39, 0.29) is 0 Å². The third-order valence-electron chi connectivity index (χ3n) is 3.30. The van der Waals surface area contributed by atoms with Crippen LogP contribution in [0.4, 0.5) is 0 Å². The summed E-state index contributed by atoms with van der Waals surface area (Å²) in [7, 11) is 0. The van der Waals surface area contributed by atoms with Gasteiger partial charge in [0.25, 0.3) is 0 Å². The van der Waals surface area contributed by atoms with Crippen LogP contribution >= 0.6 is 11.8 Å². The van der Waals surface area contributed by atoms with E-state index in [1.807, 2.05) is 0 Å². The fourth-order valence-electron chi connectivity index (χ4n) is 2.52. The number of hydrogen-bond donors (Lipinski definition) is 0. The van der Waals surface area contributed by atoms with E-state index >= 15 is 0 Å². The highest BCUT2D eigenvalue weighted by atomic mass is 32.2. The molecule has 0 saturated heterocycles. The summed E-state index contributed by atoms with van der Waals surface area (Å²) in [5.74, 6) is 1.18. The Morgan fingerprint density at radius 2 is 2.21 bits per heavy atom. The van der Waals surface area contributed by atoms with Crippen molar-refractivity contribution in [3.8, 4) is 0 Å². The summed E-state index contributed by atoms with van der Waals surface area (Å²) in [6.45, 7) is 0. The quantitative estimate of drug-likeness (QED) is 0.601. The first-order valence-electron chi connectivity index (χ1n) is 5.66. The number of ether oxygens (including phenoxy) is 1. The Morgan fingerprint density at radius 1 is 1.29 bits per heavy atom. The largest absolute Gasteiger partial charge is 0.488 e. The predicted octanol–water partition coefficient (Wildman–Crippen LogP) is 3.62. The lowest BCUT2D eigenvalue weighted by atomic mass is 9.96. The van der Waals surface area contributed by atoms with Crippen LogP contribution in [0.3, 0.4) is 0 Å². The van der Waals surface area contributed by atoms with Crippen molar-refractivity contribution in [3.05, 3.63) is 22.8 Å². The molecule has 0 N–H and O–H groups in total. The molecule has 1 saturated carbocycles. The summed E-state index contributed by atoms with van der Waals surface area (Å²) in [6.07, 6.45) is 12.7.